The lowest BCUT2D eigenvalue weighted by Crippen LogP contribution is -2.37. The second kappa shape index (κ2) is 5.77. The number of H-pyrrole nitrogens is 1. The van der Waals surface area contributed by atoms with Gasteiger partial charge in [-0.05, 0) is 25.0 Å². The van der Waals surface area contributed by atoms with Crippen LogP contribution in [0.15, 0.2) is 30.5 Å². The Morgan fingerprint density at radius 2 is 1.90 bits per heavy atom. The molecule has 2 aromatic rings. The zero-order valence-corrected chi connectivity index (χ0v) is 12.1. The van der Waals surface area contributed by atoms with Crippen molar-refractivity contribution in [1.82, 2.24) is 14.9 Å². The zero-order valence-electron chi connectivity index (χ0n) is 12.1. The number of ether oxygens (including phenoxy) is 1. The Morgan fingerprint density at radius 3 is 2.50 bits per heavy atom. The number of aromatic amines is 1. The molecule has 0 aliphatic carbocycles. The Kier molecular flexibility index (Phi) is 3.85. The third-order valence-electron chi connectivity index (χ3n) is 4.00. The summed E-state index contributed by atoms with van der Waals surface area (Å²) in [6.07, 6.45) is 1.88. The zero-order chi connectivity index (χ0) is 13.9. The van der Waals surface area contributed by atoms with E-state index in [1.54, 1.807) is 0 Å². The number of nitrogens with one attached hydrogen (secondary N) is 1. The summed E-state index contributed by atoms with van der Waals surface area (Å²) in [6.45, 7) is 7.95. The standard InChI is InChI=1S/C16H21N3O/c1-12(19-7-9-20-10-8-19)14-3-5-15(6-4-14)16-11-17-13(2)18-16/h3-6,11-12H,7-10H2,1-2H3,(H,17,18)/t12-/m0/s1. The first kappa shape index (κ1) is 13.3. The second-order valence-corrected chi connectivity index (χ2v) is 5.33. The van der Waals surface area contributed by atoms with E-state index < -0.39 is 0 Å². The first-order valence-electron chi connectivity index (χ1n) is 7.18. The van der Waals surface area contributed by atoms with E-state index in [2.05, 4.69) is 46.1 Å². The summed E-state index contributed by atoms with van der Waals surface area (Å²) in [5.41, 5.74) is 3.61. The predicted molar refractivity (Wildman–Crippen MR) is 79.6 cm³/mol. The molecule has 1 N–H and O–H groups in total. The smallest absolute Gasteiger partial charge is 0.103 e. The van der Waals surface area contributed by atoms with Crippen LogP contribution in [0.4, 0.5) is 0 Å². The summed E-state index contributed by atoms with van der Waals surface area (Å²) in [5, 5.41) is 0. The lowest BCUT2D eigenvalue weighted by atomic mass is 10.0. The normalized spacial score (nSPS) is 18.1. The van der Waals surface area contributed by atoms with Crippen LogP contribution in [-0.2, 0) is 4.74 Å². The summed E-state index contributed by atoms with van der Waals surface area (Å²) in [7, 11) is 0. The minimum absolute atomic E-state index is 0.441. The van der Waals surface area contributed by atoms with E-state index in [9.17, 15) is 0 Å². The number of aryl methyl sites for hydroxylation is 1. The van der Waals surface area contributed by atoms with Crippen molar-refractivity contribution in [3.05, 3.63) is 41.9 Å². The van der Waals surface area contributed by atoms with Crippen molar-refractivity contribution in [1.29, 1.82) is 0 Å². The molecule has 0 amide bonds. The van der Waals surface area contributed by atoms with E-state index in [-0.39, 0.29) is 0 Å². The van der Waals surface area contributed by atoms with E-state index in [1.165, 1.54) is 11.1 Å². The molecule has 0 spiro atoms. The van der Waals surface area contributed by atoms with Crippen LogP contribution in [0.2, 0.25) is 0 Å². The molecule has 2 heterocycles. The van der Waals surface area contributed by atoms with Gasteiger partial charge in [-0.3, -0.25) is 4.90 Å². The van der Waals surface area contributed by atoms with E-state index in [0.29, 0.717) is 6.04 Å². The van der Waals surface area contributed by atoms with Gasteiger partial charge >= 0.3 is 0 Å². The van der Waals surface area contributed by atoms with Crippen LogP contribution < -0.4 is 0 Å². The fraction of sp³-hybridized carbons (Fsp3) is 0.438. The molecule has 4 heteroatoms. The van der Waals surface area contributed by atoms with E-state index in [1.807, 2.05) is 13.1 Å². The van der Waals surface area contributed by atoms with Gasteiger partial charge < -0.3 is 9.72 Å². The van der Waals surface area contributed by atoms with Gasteiger partial charge in [0, 0.05) is 19.1 Å². The van der Waals surface area contributed by atoms with Gasteiger partial charge in [0.05, 0.1) is 25.1 Å². The number of morpholine rings is 1. The van der Waals surface area contributed by atoms with Crippen molar-refractivity contribution < 1.29 is 4.74 Å². The van der Waals surface area contributed by atoms with Crippen LogP contribution in [0.1, 0.15) is 24.4 Å². The molecular weight excluding hydrogens is 250 g/mol. The highest BCUT2D eigenvalue weighted by molar-refractivity contribution is 5.58. The van der Waals surface area contributed by atoms with Gasteiger partial charge in [-0.2, -0.15) is 0 Å². The van der Waals surface area contributed by atoms with Crippen LogP contribution in [0.3, 0.4) is 0 Å². The third-order valence-corrected chi connectivity index (χ3v) is 4.00. The fourth-order valence-corrected chi connectivity index (χ4v) is 2.68. The van der Waals surface area contributed by atoms with E-state index >= 15 is 0 Å². The van der Waals surface area contributed by atoms with Gasteiger partial charge in [0.15, 0.2) is 0 Å². The van der Waals surface area contributed by atoms with Crippen LogP contribution in [-0.4, -0.2) is 41.2 Å². The monoisotopic (exact) mass is 271 g/mol. The molecule has 4 nitrogen and oxygen atoms in total. The topological polar surface area (TPSA) is 41.2 Å². The number of rotatable bonds is 3. The number of hydrogen-bond donors (Lipinski definition) is 1. The number of nitrogens with zero attached hydrogens (tertiary/aromatic N) is 2. The SMILES string of the molecule is Cc1ncc(-c2ccc([C@H](C)N3CCOCC3)cc2)[nH]1. The molecule has 1 saturated heterocycles. The Bertz CT molecular complexity index is 555. The summed E-state index contributed by atoms with van der Waals surface area (Å²) in [6, 6.07) is 9.20. The lowest BCUT2D eigenvalue weighted by molar-refractivity contribution is 0.0198. The Hall–Kier alpha value is -1.65. The predicted octanol–water partition coefficient (Wildman–Crippen LogP) is 2.78. The van der Waals surface area contributed by atoms with Crippen LogP contribution in [0, 0.1) is 6.92 Å². The van der Waals surface area contributed by atoms with Crippen molar-refractivity contribution in [3.8, 4) is 11.3 Å². The average Bonchev–Trinajstić information content (AvgIpc) is 2.94. The molecule has 1 aliphatic rings. The summed E-state index contributed by atoms with van der Waals surface area (Å²) < 4.78 is 5.41. The summed E-state index contributed by atoms with van der Waals surface area (Å²) in [4.78, 5) is 9.98. The molecule has 1 aromatic carbocycles. The highest BCUT2D eigenvalue weighted by Crippen LogP contribution is 2.24. The largest absolute Gasteiger partial charge is 0.379 e. The molecule has 0 saturated carbocycles. The summed E-state index contributed by atoms with van der Waals surface area (Å²) in [5.74, 6) is 0.950. The minimum atomic E-state index is 0.441. The third kappa shape index (κ3) is 2.76. The van der Waals surface area contributed by atoms with Gasteiger partial charge in [0.25, 0.3) is 0 Å². The highest BCUT2D eigenvalue weighted by atomic mass is 16.5. The first-order chi connectivity index (χ1) is 9.74. The highest BCUT2D eigenvalue weighted by Gasteiger charge is 2.18. The number of hydrogen-bond acceptors (Lipinski definition) is 3. The minimum Gasteiger partial charge on any atom is -0.379 e. The first-order valence-corrected chi connectivity index (χ1v) is 7.18. The van der Waals surface area contributed by atoms with Gasteiger partial charge in [0.1, 0.15) is 5.82 Å². The molecule has 1 aromatic heterocycles. The van der Waals surface area contributed by atoms with Crippen LogP contribution in [0.25, 0.3) is 11.3 Å². The lowest BCUT2D eigenvalue weighted by Gasteiger charge is -2.32. The molecule has 1 aliphatic heterocycles. The van der Waals surface area contributed by atoms with Crippen LogP contribution in [0.5, 0.6) is 0 Å². The molecule has 1 fully saturated rings. The fourth-order valence-electron chi connectivity index (χ4n) is 2.68. The molecule has 0 radical (unpaired) electrons. The number of aromatic nitrogens is 2. The molecule has 1 atom stereocenters. The van der Waals surface area contributed by atoms with E-state index in [4.69, 9.17) is 4.74 Å². The molecule has 3 rings (SSSR count). The Labute approximate surface area is 119 Å². The van der Waals surface area contributed by atoms with Gasteiger partial charge in [-0.25, -0.2) is 4.98 Å². The van der Waals surface area contributed by atoms with Crippen molar-refractivity contribution in [2.24, 2.45) is 0 Å². The molecule has 0 bridgehead atoms. The maximum absolute atomic E-state index is 5.41. The van der Waals surface area contributed by atoms with Crippen LogP contribution >= 0.6 is 0 Å². The summed E-state index contributed by atoms with van der Waals surface area (Å²) >= 11 is 0. The van der Waals surface area contributed by atoms with Gasteiger partial charge in [0.2, 0.25) is 0 Å². The number of imidazole rings is 1. The molecule has 20 heavy (non-hydrogen) atoms. The van der Waals surface area contributed by atoms with Gasteiger partial charge in [-0.15, -0.1) is 0 Å². The van der Waals surface area contributed by atoms with E-state index in [0.717, 1.165) is 37.8 Å². The Balaban J connectivity index is 1.75. The quantitative estimate of drug-likeness (QED) is 0.933. The maximum Gasteiger partial charge on any atom is 0.103 e. The molecule has 106 valence electrons. The molecule has 0 unspecified atom stereocenters. The van der Waals surface area contributed by atoms with Gasteiger partial charge in [-0.1, -0.05) is 24.3 Å². The van der Waals surface area contributed by atoms with Crippen molar-refractivity contribution in [2.75, 3.05) is 26.3 Å². The number of benzene rings is 1. The maximum atomic E-state index is 5.41. The Morgan fingerprint density at radius 1 is 1.20 bits per heavy atom. The average molecular weight is 271 g/mol. The van der Waals surface area contributed by atoms with Crippen molar-refractivity contribution >= 4 is 0 Å². The molecular formula is C16H21N3O. The van der Waals surface area contributed by atoms with Crippen molar-refractivity contribution in [2.45, 2.75) is 19.9 Å². The van der Waals surface area contributed by atoms with Crippen molar-refractivity contribution in [3.63, 3.8) is 0 Å². The second-order valence-electron chi connectivity index (χ2n) is 5.33.